The molecule has 3 rings (SSSR count). The van der Waals surface area contributed by atoms with Gasteiger partial charge in [0.25, 0.3) is 5.91 Å². The van der Waals surface area contributed by atoms with Crippen molar-refractivity contribution in [3.63, 3.8) is 0 Å². The van der Waals surface area contributed by atoms with E-state index < -0.39 is 0 Å². The highest BCUT2D eigenvalue weighted by Gasteiger charge is 2.12. The van der Waals surface area contributed by atoms with Crippen molar-refractivity contribution in [1.82, 2.24) is 5.32 Å². The Balaban J connectivity index is 1.67. The molecule has 3 aromatic rings. The number of carbonyl (C=O) groups excluding carboxylic acids is 1. The Labute approximate surface area is 184 Å². The van der Waals surface area contributed by atoms with Gasteiger partial charge in [0.2, 0.25) is 0 Å². The summed E-state index contributed by atoms with van der Waals surface area (Å²) < 4.78 is 10.9. The number of methoxy groups -OCH3 is 1. The van der Waals surface area contributed by atoms with Crippen LogP contribution in [0, 0.1) is 0 Å². The third-order valence-electron chi connectivity index (χ3n) is 4.94. The summed E-state index contributed by atoms with van der Waals surface area (Å²) in [5.41, 5.74) is 3.63. The van der Waals surface area contributed by atoms with Gasteiger partial charge in [-0.05, 0) is 60.7 Å². The van der Waals surface area contributed by atoms with Gasteiger partial charge in [-0.25, -0.2) is 0 Å². The van der Waals surface area contributed by atoms with Crippen molar-refractivity contribution in [1.29, 1.82) is 0 Å². The van der Waals surface area contributed by atoms with Gasteiger partial charge in [-0.1, -0.05) is 60.7 Å². The van der Waals surface area contributed by atoms with Crippen molar-refractivity contribution in [3.8, 4) is 11.5 Å². The van der Waals surface area contributed by atoms with Crippen molar-refractivity contribution in [2.45, 2.75) is 19.8 Å². The highest BCUT2D eigenvalue weighted by atomic mass is 16.5. The van der Waals surface area contributed by atoms with Crippen LogP contribution in [0.1, 0.15) is 30.0 Å². The lowest BCUT2D eigenvalue weighted by Gasteiger charge is -2.12. The second-order valence-corrected chi connectivity index (χ2v) is 7.10. The zero-order valence-corrected chi connectivity index (χ0v) is 18.1. The fourth-order valence-corrected chi connectivity index (χ4v) is 3.35. The van der Waals surface area contributed by atoms with E-state index in [0.717, 1.165) is 41.0 Å². The molecule has 0 fully saturated rings. The van der Waals surface area contributed by atoms with E-state index in [2.05, 4.69) is 11.4 Å². The number of nitrogens with one attached hydrogen (secondary N) is 1. The molecule has 0 aromatic heterocycles. The number of para-hydroxylation sites is 1. The van der Waals surface area contributed by atoms with E-state index in [9.17, 15) is 4.79 Å². The highest BCUT2D eigenvalue weighted by molar-refractivity contribution is 6.24. The van der Waals surface area contributed by atoms with Crippen LogP contribution >= 0.6 is 0 Å². The maximum atomic E-state index is 13.0. The molecule has 0 saturated heterocycles. The van der Waals surface area contributed by atoms with Crippen molar-refractivity contribution in [2.24, 2.45) is 0 Å². The number of rotatable bonds is 10. The average Bonchev–Trinajstić information content (AvgIpc) is 2.82. The van der Waals surface area contributed by atoms with Crippen LogP contribution in [-0.4, -0.2) is 26.2 Å². The lowest BCUT2D eigenvalue weighted by atomic mass is 10.0. The molecule has 1 amide bonds. The molecule has 0 radical (unpaired) electrons. The lowest BCUT2D eigenvalue weighted by Crippen LogP contribution is -2.25. The predicted molar refractivity (Wildman–Crippen MR) is 126 cm³/mol. The number of hydrogen-bond donors (Lipinski definition) is 1. The highest BCUT2D eigenvalue weighted by Crippen LogP contribution is 2.21. The Morgan fingerprint density at radius 1 is 0.935 bits per heavy atom. The fraction of sp³-hybridized carbons (Fsp3) is 0.222. The molecule has 160 valence electrons. The second-order valence-electron chi connectivity index (χ2n) is 7.10. The molecule has 0 atom stereocenters. The van der Waals surface area contributed by atoms with Gasteiger partial charge in [0.1, 0.15) is 11.5 Å². The summed E-state index contributed by atoms with van der Waals surface area (Å²) in [5.74, 6) is 1.62. The Bertz CT molecular complexity index is 995. The van der Waals surface area contributed by atoms with Crippen molar-refractivity contribution in [2.75, 3.05) is 20.3 Å². The van der Waals surface area contributed by atoms with Crippen LogP contribution in [0.2, 0.25) is 0 Å². The molecule has 3 aromatic carbocycles. The van der Waals surface area contributed by atoms with Gasteiger partial charge < -0.3 is 14.8 Å². The van der Waals surface area contributed by atoms with Crippen LogP contribution in [0.4, 0.5) is 0 Å². The van der Waals surface area contributed by atoms with E-state index in [1.54, 1.807) is 7.11 Å². The molecule has 4 heteroatoms. The maximum Gasteiger partial charge on any atom is 0.251 e. The summed E-state index contributed by atoms with van der Waals surface area (Å²) in [6.07, 6.45) is 3.59. The molecule has 0 bridgehead atoms. The summed E-state index contributed by atoms with van der Waals surface area (Å²) in [5, 5.41) is 3.07. The second kappa shape index (κ2) is 11.6. The Morgan fingerprint density at radius 2 is 1.65 bits per heavy atom. The molecule has 0 aliphatic rings. The summed E-state index contributed by atoms with van der Waals surface area (Å²) in [6, 6.07) is 25.5. The molecule has 0 saturated carbocycles. The molecular formula is C27H29NO3. The maximum absolute atomic E-state index is 13.0. The zero-order chi connectivity index (χ0) is 21.9. The lowest BCUT2D eigenvalue weighted by molar-refractivity contribution is -0.115. The number of carbonyl (C=O) groups is 1. The molecule has 4 nitrogen and oxygen atoms in total. The SMILES string of the molecule is CCOc1ccccc1CCCNC(=O)/C(=C/c1ccc(OC)cc1)c1ccccc1. The van der Waals surface area contributed by atoms with E-state index in [1.807, 2.05) is 85.8 Å². The predicted octanol–water partition coefficient (Wildman–Crippen LogP) is 5.38. The molecule has 0 aliphatic carbocycles. The molecular weight excluding hydrogens is 386 g/mol. The van der Waals surface area contributed by atoms with Gasteiger partial charge in [-0.15, -0.1) is 0 Å². The number of amides is 1. The first-order valence-corrected chi connectivity index (χ1v) is 10.6. The fourth-order valence-electron chi connectivity index (χ4n) is 3.35. The first kappa shape index (κ1) is 22.2. The van der Waals surface area contributed by atoms with Crippen LogP contribution < -0.4 is 14.8 Å². The Hall–Kier alpha value is -3.53. The number of aryl methyl sites for hydroxylation is 1. The van der Waals surface area contributed by atoms with Gasteiger partial charge in [-0.2, -0.15) is 0 Å². The molecule has 31 heavy (non-hydrogen) atoms. The summed E-state index contributed by atoms with van der Waals surface area (Å²) in [6.45, 7) is 3.22. The van der Waals surface area contributed by atoms with E-state index in [0.29, 0.717) is 18.7 Å². The number of benzene rings is 3. The van der Waals surface area contributed by atoms with Gasteiger partial charge in [0.15, 0.2) is 0 Å². The van der Waals surface area contributed by atoms with Crippen LogP contribution in [0.3, 0.4) is 0 Å². The zero-order valence-electron chi connectivity index (χ0n) is 18.1. The van der Waals surface area contributed by atoms with E-state index >= 15 is 0 Å². The van der Waals surface area contributed by atoms with Crippen molar-refractivity contribution < 1.29 is 14.3 Å². The van der Waals surface area contributed by atoms with Crippen LogP contribution in [0.25, 0.3) is 11.6 Å². The van der Waals surface area contributed by atoms with Gasteiger partial charge in [0, 0.05) is 12.1 Å². The molecule has 0 spiro atoms. The normalized spacial score (nSPS) is 11.1. The van der Waals surface area contributed by atoms with Gasteiger partial charge in [0.05, 0.1) is 13.7 Å². The van der Waals surface area contributed by atoms with Crippen LogP contribution in [0.5, 0.6) is 11.5 Å². The summed E-state index contributed by atoms with van der Waals surface area (Å²) in [7, 11) is 1.64. The van der Waals surface area contributed by atoms with Gasteiger partial charge >= 0.3 is 0 Å². The van der Waals surface area contributed by atoms with Crippen molar-refractivity contribution >= 4 is 17.6 Å². The Kier molecular flexibility index (Phi) is 8.29. The van der Waals surface area contributed by atoms with E-state index in [1.165, 1.54) is 0 Å². The summed E-state index contributed by atoms with van der Waals surface area (Å²) >= 11 is 0. The van der Waals surface area contributed by atoms with E-state index in [4.69, 9.17) is 9.47 Å². The van der Waals surface area contributed by atoms with Crippen LogP contribution in [0.15, 0.2) is 78.9 Å². The monoisotopic (exact) mass is 415 g/mol. The molecule has 0 aliphatic heterocycles. The first-order chi connectivity index (χ1) is 15.2. The summed E-state index contributed by atoms with van der Waals surface area (Å²) in [4.78, 5) is 13.0. The van der Waals surface area contributed by atoms with Crippen molar-refractivity contribution in [3.05, 3.63) is 95.6 Å². The topological polar surface area (TPSA) is 47.6 Å². The Morgan fingerprint density at radius 3 is 2.35 bits per heavy atom. The largest absolute Gasteiger partial charge is 0.497 e. The standard InChI is InChI=1S/C27H29NO3/c1-3-31-26-14-8-7-12-23(26)13-9-19-28-27(29)25(22-10-5-4-6-11-22)20-21-15-17-24(30-2)18-16-21/h4-8,10-12,14-18,20H,3,9,13,19H2,1-2H3,(H,28,29)/b25-20+. The third kappa shape index (κ3) is 6.48. The molecule has 0 unspecified atom stereocenters. The first-order valence-electron chi connectivity index (χ1n) is 10.6. The number of ether oxygens (including phenoxy) is 2. The number of hydrogen-bond acceptors (Lipinski definition) is 3. The minimum Gasteiger partial charge on any atom is -0.497 e. The van der Waals surface area contributed by atoms with Gasteiger partial charge in [-0.3, -0.25) is 4.79 Å². The smallest absolute Gasteiger partial charge is 0.251 e. The molecule has 0 heterocycles. The third-order valence-corrected chi connectivity index (χ3v) is 4.94. The molecule has 1 N–H and O–H groups in total. The van der Waals surface area contributed by atoms with E-state index in [-0.39, 0.29) is 5.91 Å². The minimum absolute atomic E-state index is 0.0832. The average molecular weight is 416 g/mol. The quantitative estimate of drug-likeness (QED) is 0.275. The minimum atomic E-state index is -0.0832. The van der Waals surface area contributed by atoms with Crippen LogP contribution in [-0.2, 0) is 11.2 Å².